The molecular formula is C30H45Cl3N4O7. The van der Waals surface area contributed by atoms with Crippen molar-refractivity contribution in [1.82, 2.24) is 20.4 Å². The summed E-state index contributed by atoms with van der Waals surface area (Å²) in [5.74, 6) is -3.46. The third-order valence-electron chi connectivity index (χ3n) is 7.02. The molecule has 0 heterocycles. The molecule has 0 radical (unpaired) electrons. The minimum absolute atomic E-state index is 0.0672. The average molecular weight is 680 g/mol. The summed E-state index contributed by atoms with van der Waals surface area (Å²) in [7, 11) is 2.85. The van der Waals surface area contributed by atoms with Crippen LogP contribution in [0.1, 0.15) is 53.0 Å². The predicted octanol–water partition coefficient (Wildman–Crippen LogP) is 2.87. The van der Waals surface area contributed by atoms with E-state index in [-0.39, 0.29) is 24.7 Å². The molecule has 248 valence electrons. The number of aliphatic hydroxyl groups is 1. The van der Waals surface area contributed by atoms with E-state index in [1.165, 1.54) is 25.9 Å². The lowest BCUT2D eigenvalue weighted by atomic mass is 9.99. The maximum Gasteiger partial charge on any atom is 0.329 e. The molecule has 5 unspecified atom stereocenters. The summed E-state index contributed by atoms with van der Waals surface area (Å²) in [4.78, 5) is 67.6. The van der Waals surface area contributed by atoms with Crippen LogP contribution < -0.4 is 10.6 Å². The van der Waals surface area contributed by atoms with Crippen molar-refractivity contribution in [3.05, 3.63) is 35.9 Å². The smallest absolute Gasteiger partial charge is 0.329 e. The molecule has 0 saturated heterocycles. The fourth-order valence-electron chi connectivity index (χ4n) is 4.29. The number of rotatable bonds is 16. The van der Waals surface area contributed by atoms with E-state index in [1.807, 2.05) is 26.8 Å². The minimum Gasteiger partial charge on any atom is -0.460 e. The lowest BCUT2D eigenvalue weighted by Crippen LogP contribution is -2.56. The summed E-state index contributed by atoms with van der Waals surface area (Å²) in [5.41, 5.74) is 0.765. The number of halogens is 3. The summed E-state index contributed by atoms with van der Waals surface area (Å²) < 4.78 is 3.25. The number of carbonyl (C=O) groups is 5. The lowest BCUT2D eigenvalue weighted by molar-refractivity contribution is -0.150. The maximum absolute atomic E-state index is 13.7. The van der Waals surface area contributed by atoms with E-state index in [2.05, 4.69) is 10.6 Å². The highest BCUT2D eigenvalue weighted by molar-refractivity contribution is 6.67. The number of alkyl halides is 3. The quantitative estimate of drug-likeness (QED) is 0.180. The maximum atomic E-state index is 13.7. The molecule has 0 bridgehead atoms. The van der Waals surface area contributed by atoms with Crippen molar-refractivity contribution in [2.75, 3.05) is 27.2 Å². The van der Waals surface area contributed by atoms with Crippen LogP contribution >= 0.6 is 34.8 Å². The molecule has 1 aromatic carbocycles. The molecule has 1 rings (SSSR count). The third-order valence-corrected chi connectivity index (χ3v) is 7.34. The summed E-state index contributed by atoms with van der Waals surface area (Å²) in [6, 6.07) is 5.89. The molecule has 4 amide bonds. The van der Waals surface area contributed by atoms with Crippen molar-refractivity contribution in [3.8, 4) is 0 Å². The van der Waals surface area contributed by atoms with Gasteiger partial charge in [-0.1, -0.05) is 99.3 Å². The molecule has 14 heteroatoms. The number of ether oxygens (including phenoxy) is 1. The van der Waals surface area contributed by atoms with Crippen molar-refractivity contribution in [2.24, 2.45) is 11.8 Å². The van der Waals surface area contributed by atoms with E-state index in [0.717, 1.165) is 10.5 Å². The Kier molecular flexibility index (Phi) is 16.5. The Morgan fingerprint density at radius 1 is 0.955 bits per heavy atom. The zero-order valence-corrected chi connectivity index (χ0v) is 28.6. The van der Waals surface area contributed by atoms with Gasteiger partial charge in [-0.15, -0.1) is 0 Å². The fourth-order valence-corrected chi connectivity index (χ4v) is 4.45. The lowest BCUT2D eigenvalue weighted by Gasteiger charge is -2.33. The molecule has 3 N–H and O–H groups in total. The summed E-state index contributed by atoms with van der Waals surface area (Å²) in [6.07, 6.45) is -0.394. The Balaban J connectivity index is 3.09. The first-order valence-electron chi connectivity index (χ1n) is 14.4. The molecule has 0 aliphatic rings. The van der Waals surface area contributed by atoms with Gasteiger partial charge in [0.25, 0.3) is 0 Å². The molecule has 0 spiro atoms. The molecule has 0 fully saturated rings. The van der Waals surface area contributed by atoms with E-state index in [4.69, 9.17) is 39.5 Å². The first kappa shape index (κ1) is 39.4. The number of likely N-dealkylation sites (N-methyl/N-ethyl adjacent to an activating group) is 2. The Hall–Kier alpha value is -2.60. The van der Waals surface area contributed by atoms with Crippen molar-refractivity contribution in [2.45, 2.75) is 81.9 Å². The van der Waals surface area contributed by atoms with E-state index in [1.54, 1.807) is 31.2 Å². The number of esters is 1. The van der Waals surface area contributed by atoms with E-state index in [0.29, 0.717) is 6.42 Å². The van der Waals surface area contributed by atoms with Gasteiger partial charge in [0.2, 0.25) is 27.4 Å². The number of amides is 4. The van der Waals surface area contributed by atoms with Gasteiger partial charge in [0.15, 0.2) is 0 Å². The van der Waals surface area contributed by atoms with Gasteiger partial charge < -0.3 is 30.3 Å². The van der Waals surface area contributed by atoms with Gasteiger partial charge in [-0.05, 0) is 30.7 Å². The Morgan fingerprint density at radius 3 is 2.07 bits per heavy atom. The largest absolute Gasteiger partial charge is 0.460 e. The van der Waals surface area contributed by atoms with Crippen LogP contribution in [-0.2, 0) is 35.1 Å². The van der Waals surface area contributed by atoms with Crippen LogP contribution in [0.2, 0.25) is 0 Å². The van der Waals surface area contributed by atoms with Crippen LogP contribution in [0.15, 0.2) is 30.3 Å². The fraction of sp³-hybridized carbons (Fsp3) is 0.633. The van der Waals surface area contributed by atoms with E-state index < -0.39 is 70.8 Å². The molecule has 1 aromatic rings. The summed E-state index contributed by atoms with van der Waals surface area (Å²) >= 11 is 17.0. The second-order valence-electron chi connectivity index (χ2n) is 11.4. The van der Waals surface area contributed by atoms with Gasteiger partial charge in [-0.3, -0.25) is 19.2 Å². The zero-order valence-electron chi connectivity index (χ0n) is 26.3. The van der Waals surface area contributed by atoms with Gasteiger partial charge >= 0.3 is 5.97 Å². The molecule has 0 aromatic heterocycles. The second-order valence-corrected chi connectivity index (χ2v) is 13.9. The van der Waals surface area contributed by atoms with Gasteiger partial charge in [-0.25, -0.2) is 4.79 Å². The van der Waals surface area contributed by atoms with Crippen LogP contribution in [0, 0.1) is 11.8 Å². The third kappa shape index (κ3) is 13.6. The number of hydrogen-bond donors (Lipinski definition) is 3. The Labute approximate surface area is 274 Å². The molecule has 0 saturated carbocycles. The first-order valence-corrected chi connectivity index (χ1v) is 15.6. The first-order chi connectivity index (χ1) is 20.4. The van der Waals surface area contributed by atoms with Gasteiger partial charge in [0, 0.05) is 20.5 Å². The Morgan fingerprint density at radius 2 is 1.55 bits per heavy atom. The highest BCUT2D eigenvalue weighted by atomic mass is 35.6. The van der Waals surface area contributed by atoms with Crippen molar-refractivity contribution in [3.63, 3.8) is 0 Å². The normalized spacial score (nSPS) is 14.9. The highest BCUT2D eigenvalue weighted by Gasteiger charge is 2.35. The topological polar surface area (TPSA) is 145 Å². The minimum atomic E-state index is -1.82. The number of carbonyl (C=O) groups excluding carboxylic acids is 5. The number of benzene rings is 1. The molecule has 44 heavy (non-hydrogen) atoms. The number of nitrogens with zero attached hydrogens (tertiary/aromatic N) is 2. The van der Waals surface area contributed by atoms with Crippen LogP contribution in [0.5, 0.6) is 0 Å². The van der Waals surface area contributed by atoms with Crippen molar-refractivity contribution < 1.29 is 33.8 Å². The SMILES string of the molecule is CCC(C)C(NC(=O)CN(C)C(=O)C(Cc1ccccc1)N(C)C(=O)C(C)NC(=O)C(O)CC(C)C)C(=O)OCC(Cl)(Cl)Cl. The monoisotopic (exact) mass is 678 g/mol. The average Bonchev–Trinajstić information content (AvgIpc) is 2.95. The Bertz CT molecular complexity index is 1120. The van der Waals surface area contributed by atoms with Gasteiger partial charge in [0.05, 0.1) is 6.54 Å². The second kappa shape index (κ2) is 18.4. The molecule has 11 nitrogen and oxygen atoms in total. The van der Waals surface area contributed by atoms with E-state index in [9.17, 15) is 29.1 Å². The number of aliphatic hydroxyl groups excluding tert-OH is 1. The van der Waals surface area contributed by atoms with Crippen LogP contribution in [0.25, 0.3) is 0 Å². The molecule has 5 atom stereocenters. The van der Waals surface area contributed by atoms with Gasteiger partial charge in [-0.2, -0.15) is 0 Å². The number of hydrogen-bond acceptors (Lipinski definition) is 7. The summed E-state index contributed by atoms with van der Waals surface area (Å²) in [5, 5.41) is 15.3. The standard InChI is InChI=1S/C30H45Cl3N4O7/c1-8-19(4)25(29(43)44-17-30(31,32)33)35-24(39)16-36(6)28(42)22(15-21-12-10-9-11-13-21)37(7)27(41)20(5)34-26(40)23(38)14-18(2)3/h9-13,18-20,22-23,25,38H,8,14-17H2,1-7H3,(H,34,40)(H,35,39). The van der Waals surface area contributed by atoms with Crippen molar-refractivity contribution >= 4 is 64.4 Å². The molecule has 0 aliphatic heterocycles. The van der Waals surface area contributed by atoms with Gasteiger partial charge in [0.1, 0.15) is 30.8 Å². The predicted molar refractivity (Wildman–Crippen MR) is 170 cm³/mol. The number of nitrogens with one attached hydrogen (secondary N) is 2. The highest BCUT2D eigenvalue weighted by Crippen LogP contribution is 2.26. The molecule has 0 aliphatic carbocycles. The van der Waals surface area contributed by atoms with E-state index >= 15 is 0 Å². The van der Waals surface area contributed by atoms with Crippen LogP contribution in [0.4, 0.5) is 0 Å². The zero-order chi connectivity index (χ0) is 33.8. The molecular weight excluding hydrogens is 635 g/mol. The van der Waals surface area contributed by atoms with Crippen LogP contribution in [0.3, 0.4) is 0 Å². The van der Waals surface area contributed by atoms with Crippen molar-refractivity contribution in [1.29, 1.82) is 0 Å². The summed E-state index contributed by atoms with van der Waals surface area (Å²) in [6.45, 7) is 7.83. The van der Waals surface area contributed by atoms with Crippen LogP contribution in [-0.4, -0.2) is 99.8 Å².